The third-order valence-corrected chi connectivity index (χ3v) is 6.61. The first-order chi connectivity index (χ1) is 19.1. The maximum absolute atomic E-state index is 15.3. The van der Waals surface area contributed by atoms with Crippen molar-refractivity contribution in [3.8, 4) is 23.0 Å². The van der Waals surface area contributed by atoms with E-state index in [1.54, 1.807) is 37.2 Å². The van der Waals surface area contributed by atoms with Gasteiger partial charge in [0, 0.05) is 32.3 Å². The number of nitrogens with zero attached hydrogens (tertiary/aromatic N) is 9. The predicted molar refractivity (Wildman–Crippen MR) is 137 cm³/mol. The van der Waals surface area contributed by atoms with Crippen LogP contribution in [0.15, 0.2) is 43.0 Å². The molecule has 0 atom stereocenters. The fraction of sp³-hybridized carbons (Fsp3) is 0.308. The lowest BCUT2D eigenvalue weighted by molar-refractivity contribution is -0.141. The van der Waals surface area contributed by atoms with Gasteiger partial charge in [0.25, 0.3) is 0 Å². The summed E-state index contributed by atoms with van der Waals surface area (Å²) in [7, 11) is 4.64. The van der Waals surface area contributed by atoms with E-state index < -0.39 is 17.7 Å². The summed E-state index contributed by atoms with van der Waals surface area (Å²) in [5.74, 6) is 0.430. The number of alkyl halides is 3. The molecule has 4 aromatic heterocycles. The van der Waals surface area contributed by atoms with E-state index in [1.165, 1.54) is 30.5 Å². The first-order valence-corrected chi connectivity index (χ1v) is 12.3. The Morgan fingerprint density at radius 2 is 1.88 bits per heavy atom. The summed E-state index contributed by atoms with van der Waals surface area (Å²) < 4.78 is 63.2. The summed E-state index contributed by atoms with van der Waals surface area (Å²) in [4.78, 5) is 19.3. The predicted octanol–water partition coefficient (Wildman–Crippen LogP) is 4.63. The zero-order valence-corrected chi connectivity index (χ0v) is 21.7. The molecule has 0 bridgehead atoms. The van der Waals surface area contributed by atoms with Crippen molar-refractivity contribution in [2.45, 2.75) is 31.5 Å². The molecule has 6 rings (SSSR count). The van der Waals surface area contributed by atoms with Crippen LogP contribution in [-0.4, -0.2) is 60.7 Å². The molecule has 0 radical (unpaired) electrons. The van der Waals surface area contributed by atoms with Gasteiger partial charge in [-0.2, -0.15) is 23.4 Å². The molecule has 1 saturated carbocycles. The van der Waals surface area contributed by atoms with Crippen molar-refractivity contribution < 1.29 is 22.3 Å². The quantitative estimate of drug-likeness (QED) is 0.269. The Kier molecular flexibility index (Phi) is 6.11. The third kappa shape index (κ3) is 4.58. The Labute approximate surface area is 225 Å². The number of hydrogen-bond donors (Lipinski definition) is 0. The number of rotatable bonds is 7. The highest BCUT2D eigenvalue weighted by atomic mass is 19.4. The average Bonchev–Trinajstić information content (AvgIpc) is 3.54. The van der Waals surface area contributed by atoms with Crippen molar-refractivity contribution in [1.82, 2.24) is 39.5 Å². The van der Waals surface area contributed by atoms with Gasteiger partial charge < -0.3 is 9.64 Å². The van der Waals surface area contributed by atoms with Crippen molar-refractivity contribution >= 4 is 16.9 Å². The van der Waals surface area contributed by atoms with Crippen LogP contribution in [0.2, 0.25) is 0 Å². The molecule has 10 nitrogen and oxygen atoms in total. The molecule has 0 N–H and O–H groups in total. The zero-order chi connectivity index (χ0) is 28.2. The number of hydrogen-bond acceptors (Lipinski definition) is 8. The van der Waals surface area contributed by atoms with Gasteiger partial charge in [-0.3, -0.25) is 0 Å². The van der Waals surface area contributed by atoms with Gasteiger partial charge in [-0.05, 0) is 30.5 Å². The molecule has 0 amide bonds. The van der Waals surface area contributed by atoms with Crippen molar-refractivity contribution in [2.24, 2.45) is 0 Å². The molecule has 1 aliphatic rings. The minimum atomic E-state index is -4.66. The Morgan fingerprint density at radius 3 is 2.55 bits per heavy atom. The molecule has 4 heterocycles. The molecule has 1 aliphatic carbocycles. The Bertz CT molecular complexity index is 1720. The largest absolute Gasteiger partial charge is 0.480 e. The molecule has 14 heteroatoms. The third-order valence-electron chi connectivity index (χ3n) is 6.61. The van der Waals surface area contributed by atoms with Gasteiger partial charge in [0.2, 0.25) is 5.88 Å². The molecule has 0 aliphatic heterocycles. The molecule has 1 fully saturated rings. The first-order valence-electron chi connectivity index (χ1n) is 12.3. The standard InChI is InChI=1S/C26H23F4N9O/c1-37(2)20-9-19(26(28,29)30)36-39(20)18-7-4-14(8-17(18)27)12-38-24-16(11-34-38)10-31-23(35-24)21-22(15-5-6-15)32-13-33-25(21)40-3/h4,7-11,13,15H,5-6,12H2,1-3H3. The molecule has 5 aromatic rings. The zero-order valence-electron chi connectivity index (χ0n) is 21.7. The number of fused-ring (bicyclic) bond motifs is 1. The molecule has 0 saturated heterocycles. The fourth-order valence-electron chi connectivity index (χ4n) is 4.52. The molecule has 40 heavy (non-hydrogen) atoms. The van der Waals surface area contributed by atoms with Gasteiger partial charge in [0.15, 0.2) is 17.2 Å². The first kappa shape index (κ1) is 25.6. The van der Waals surface area contributed by atoms with E-state index in [-0.39, 0.29) is 18.1 Å². The van der Waals surface area contributed by atoms with Crippen LogP contribution in [0, 0.1) is 5.82 Å². The maximum atomic E-state index is 15.3. The molecule has 206 valence electrons. The van der Waals surface area contributed by atoms with E-state index in [1.807, 2.05) is 0 Å². The smallest absolute Gasteiger partial charge is 0.435 e. The topological polar surface area (TPSA) is 99.7 Å². The lowest BCUT2D eigenvalue weighted by Gasteiger charge is -2.15. The van der Waals surface area contributed by atoms with E-state index in [2.05, 4.69) is 25.1 Å². The van der Waals surface area contributed by atoms with Crippen LogP contribution in [0.5, 0.6) is 5.88 Å². The number of ether oxygens (including phenoxy) is 1. The van der Waals surface area contributed by atoms with Crippen LogP contribution in [0.1, 0.15) is 35.7 Å². The highest BCUT2D eigenvalue weighted by molar-refractivity contribution is 5.77. The number of methoxy groups -OCH3 is 1. The van der Waals surface area contributed by atoms with E-state index in [0.717, 1.165) is 29.3 Å². The van der Waals surface area contributed by atoms with Crippen molar-refractivity contribution in [3.63, 3.8) is 0 Å². The van der Waals surface area contributed by atoms with Gasteiger partial charge >= 0.3 is 6.18 Å². The van der Waals surface area contributed by atoms with Crippen LogP contribution in [0.25, 0.3) is 28.1 Å². The molecule has 0 unspecified atom stereocenters. The van der Waals surface area contributed by atoms with Gasteiger partial charge in [0.05, 0.1) is 30.9 Å². The van der Waals surface area contributed by atoms with E-state index in [4.69, 9.17) is 9.72 Å². The molecule has 0 spiro atoms. The van der Waals surface area contributed by atoms with E-state index in [9.17, 15) is 13.2 Å². The number of anilines is 1. The van der Waals surface area contributed by atoms with Crippen LogP contribution in [0.3, 0.4) is 0 Å². The van der Waals surface area contributed by atoms with E-state index >= 15 is 4.39 Å². The maximum Gasteiger partial charge on any atom is 0.435 e. The second-order valence-corrected chi connectivity index (χ2v) is 9.67. The summed E-state index contributed by atoms with van der Waals surface area (Å²) >= 11 is 0. The summed E-state index contributed by atoms with van der Waals surface area (Å²) in [5.41, 5.74) is 1.29. The lowest BCUT2D eigenvalue weighted by atomic mass is 10.1. The monoisotopic (exact) mass is 553 g/mol. The second-order valence-electron chi connectivity index (χ2n) is 9.67. The Morgan fingerprint density at radius 1 is 1.07 bits per heavy atom. The van der Waals surface area contributed by atoms with Crippen LogP contribution >= 0.6 is 0 Å². The highest BCUT2D eigenvalue weighted by Crippen LogP contribution is 2.45. The average molecular weight is 554 g/mol. The lowest BCUT2D eigenvalue weighted by Crippen LogP contribution is -2.15. The van der Waals surface area contributed by atoms with Gasteiger partial charge in [0.1, 0.15) is 29.2 Å². The van der Waals surface area contributed by atoms with Crippen LogP contribution in [-0.2, 0) is 12.7 Å². The summed E-state index contributed by atoms with van der Waals surface area (Å²) in [6.45, 7) is 0.155. The minimum absolute atomic E-state index is 0.0900. The van der Waals surface area contributed by atoms with Crippen molar-refractivity contribution in [1.29, 1.82) is 0 Å². The molecular formula is C26H23F4N9O. The minimum Gasteiger partial charge on any atom is -0.480 e. The highest BCUT2D eigenvalue weighted by Gasteiger charge is 2.36. The van der Waals surface area contributed by atoms with Crippen molar-refractivity contribution in [3.05, 3.63) is 65.8 Å². The molecule has 1 aromatic carbocycles. The fourth-order valence-corrected chi connectivity index (χ4v) is 4.52. The van der Waals surface area contributed by atoms with Crippen molar-refractivity contribution in [2.75, 3.05) is 26.1 Å². The number of aromatic nitrogens is 8. The van der Waals surface area contributed by atoms with Gasteiger partial charge in [-0.1, -0.05) is 6.07 Å². The second kappa shape index (κ2) is 9.54. The SMILES string of the molecule is COc1ncnc(C2CC2)c1-c1ncc2cnn(Cc3ccc(-n4nc(C(F)(F)F)cc4N(C)C)c(F)c3)c2n1. The Balaban J connectivity index is 1.35. The van der Waals surface area contributed by atoms with E-state index in [0.29, 0.717) is 39.8 Å². The van der Waals surface area contributed by atoms with Gasteiger partial charge in [-0.25, -0.2) is 33.7 Å². The summed E-state index contributed by atoms with van der Waals surface area (Å²) in [6.07, 6.45) is 2.08. The summed E-state index contributed by atoms with van der Waals surface area (Å²) in [6, 6.07) is 5.13. The number of halogens is 4. The van der Waals surface area contributed by atoms with Crippen LogP contribution in [0.4, 0.5) is 23.4 Å². The molecular weight excluding hydrogens is 530 g/mol. The Hall–Kier alpha value is -4.62. The van der Waals surface area contributed by atoms with Crippen LogP contribution < -0.4 is 9.64 Å². The summed E-state index contributed by atoms with van der Waals surface area (Å²) in [5, 5.41) is 8.68. The number of benzene rings is 1. The normalized spacial score (nSPS) is 13.7. The van der Waals surface area contributed by atoms with Gasteiger partial charge in [-0.15, -0.1) is 0 Å².